The maximum Gasteiger partial charge on any atom is 0.308 e. The van der Waals surface area contributed by atoms with E-state index in [0.717, 1.165) is 47.2 Å². The van der Waals surface area contributed by atoms with Crippen LogP contribution in [0, 0.1) is 12.8 Å². The number of pyridine rings is 1. The highest BCUT2D eigenvalue weighted by Gasteiger charge is 2.27. The van der Waals surface area contributed by atoms with Crippen molar-refractivity contribution in [3.63, 3.8) is 0 Å². The zero-order valence-electron chi connectivity index (χ0n) is 12.0. The Hall–Kier alpha value is -2.30. The lowest BCUT2D eigenvalue weighted by molar-refractivity contribution is -0.141. The number of aryl methyl sites for hydroxylation is 1. The average Bonchev–Trinajstić information content (AvgIpc) is 2.50. The van der Waals surface area contributed by atoms with Crippen LogP contribution in [0.25, 0.3) is 10.8 Å². The summed E-state index contributed by atoms with van der Waals surface area (Å²) in [6.07, 6.45) is 3.35. The summed E-state index contributed by atoms with van der Waals surface area (Å²) in [6, 6.07) is 5.80. The van der Waals surface area contributed by atoms with Gasteiger partial charge in [-0.25, -0.2) is 4.98 Å². The SMILES string of the molecule is Cc1ccc(N)c2ccnc(N3CCCC(C(=O)O)C3)c12. The molecular formula is C16H19N3O2. The second-order valence-electron chi connectivity index (χ2n) is 5.65. The summed E-state index contributed by atoms with van der Waals surface area (Å²) in [7, 11) is 0. The van der Waals surface area contributed by atoms with Gasteiger partial charge in [0, 0.05) is 35.7 Å². The van der Waals surface area contributed by atoms with Crippen LogP contribution in [0.2, 0.25) is 0 Å². The molecular weight excluding hydrogens is 266 g/mol. The van der Waals surface area contributed by atoms with Crippen LogP contribution in [-0.4, -0.2) is 29.1 Å². The minimum absolute atomic E-state index is 0.322. The maximum atomic E-state index is 11.2. The number of nitrogen functional groups attached to an aromatic ring is 1. The lowest BCUT2D eigenvalue weighted by Crippen LogP contribution is -2.39. The Balaban J connectivity index is 2.08. The molecule has 1 aliphatic heterocycles. The van der Waals surface area contributed by atoms with E-state index in [0.29, 0.717) is 6.54 Å². The van der Waals surface area contributed by atoms with E-state index >= 15 is 0 Å². The number of hydrogen-bond acceptors (Lipinski definition) is 4. The number of anilines is 2. The lowest BCUT2D eigenvalue weighted by atomic mass is 9.97. The van der Waals surface area contributed by atoms with Crippen molar-refractivity contribution in [2.75, 3.05) is 23.7 Å². The minimum atomic E-state index is -0.726. The first kappa shape index (κ1) is 13.7. The molecule has 3 rings (SSSR count). The van der Waals surface area contributed by atoms with E-state index in [9.17, 15) is 9.90 Å². The molecule has 2 aromatic rings. The first-order valence-electron chi connectivity index (χ1n) is 7.19. The molecule has 1 unspecified atom stereocenters. The molecule has 1 atom stereocenters. The Labute approximate surface area is 123 Å². The standard InChI is InChI=1S/C16H19N3O2/c1-10-4-5-13(17)12-6-7-18-15(14(10)12)19-8-2-3-11(9-19)16(20)21/h4-7,11H,2-3,8-9,17H2,1H3,(H,20,21). The minimum Gasteiger partial charge on any atom is -0.481 e. The summed E-state index contributed by atoms with van der Waals surface area (Å²) < 4.78 is 0. The predicted octanol–water partition coefficient (Wildman–Crippen LogP) is 2.43. The summed E-state index contributed by atoms with van der Waals surface area (Å²) in [5.41, 5.74) is 7.90. The first-order valence-corrected chi connectivity index (χ1v) is 7.19. The second-order valence-corrected chi connectivity index (χ2v) is 5.65. The summed E-state index contributed by atoms with van der Waals surface area (Å²) in [5.74, 6) is -0.198. The molecule has 0 bridgehead atoms. The van der Waals surface area contributed by atoms with Crippen molar-refractivity contribution in [3.8, 4) is 0 Å². The summed E-state index contributed by atoms with van der Waals surface area (Å²) >= 11 is 0. The van der Waals surface area contributed by atoms with Gasteiger partial charge in [-0.05, 0) is 37.5 Å². The fraction of sp³-hybridized carbons (Fsp3) is 0.375. The van der Waals surface area contributed by atoms with Crippen LogP contribution in [0.15, 0.2) is 24.4 Å². The topological polar surface area (TPSA) is 79.5 Å². The summed E-state index contributed by atoms with van der Waals surface area (Å²) in [5, 5.41) is 11.3. The van der Waals surface area contributed by atoms with Gasteiger partial charge in [-0.1, -0.05) is 6.07 Å². The molecule has 5 nitrogen and oxygen atoms in total. The molecule has 2 heterocycles. The lowest BCUT2D eigenvalue weighted by Gasteiger charge is -2.32. The van der Waals surface area contributed by atoms with Gasteiger partial charge in [-0.15, -0.1) is 0 Å². The number of aromatic nitrogens is 1. The van der Waals surface area contributed by atoms with Gasteiger partial charge < -0.3 is 15.7 Å². The quantitative estimate of drug-likeness (QED) is 0.828. The van der Waals surface area contributed by atoms with E-state index in [1.807, 2.05) is 25.1 Å². The van der Waals surface area contributed by atoms with Gasteiger partial charge >= 0.3 is 5.97 Å². The van der Waals surface area contributed by atoms with Crippen molar-refractivity contribution in [2.24, 2.45) is 5.92 Å². The van der Waals surface area contributed by atoms with Crippen LogP contribution in [0.1, 0.15) is 18.4 Å². The van der Waals surface area contributed by atoms with Gasteiger partial charge in [0.05, 0.1) is 5.92 Å². The maximum absolute atomic E-state index is 11.2. The van der Waals surface area contributed by atoms with Gasteiger partial charge in [0.2, 0.25) is 0 Å². The molecule has 3 N–H and O–H groups in total. The number of rotatable bonds is 2. The summed E-state index contributed by atoms with van der Waals surface area (Å²) in [4.78, 5) is 17.8. The second kappa shape index (κ2) is 5.24. The molecule has 0 aliphatic carbocycles. The Kier molecular flexibility index (Phi) is 3.41. The zero-order valence-corrected chi connectivity index (χ0v) is 12.0. The van der Waals surface area contributed by atoms with Crippen LogP contribution in [-0.2, 0) is 4.79 Å². The number of carbonyl (C=O) groups is 1. The van der Waals surface area contributed by atoms with E-state index in [1.54, 1.807) is 6.20 Å². The highest BCUT2D eigenvalue weighted by molar-refractivity contribution is 6.01. The van der Waals surface area contributed by atoms with Crippen molar-refractivity contribution in [2.45, 2.75) is 19.8 Å². The number of aliphatic carboxylic acids is 1. The van der Waals surface area contributed by atoms with Gasteiger partial charge in [0.15, 0.2) is 0 Å². The van der Waals surface area contributed by atoms with E-state index in [1.165, 1.54) is 0 Å². The third-order valence-electron chi connectivity index (χ3n) is 4.22. The van der Waals surface area contributed by atoms with E-state index in [-0.39, 0.29) is 5.92 Å². The Morgan fingerprint density at radius 3 is 3.00 bits per heavy atom. The fourth-order valence-electron chi connectivity index (χ4n) is 3.08. The largest absolute Gasteiger partial charge is 0.481 e. The van der Waals surface area contributed by atoms with Crippen LogP contribution < -0.4 is 10.6 Å². The third-order valence-corrected chi connectivity index (χ3v) is 4.22. The number of nitrogens with zero attached hydrogens (tertiary/aromatic N) is 2. The van der Waals surface area contributed by atoms with Crippen molar-refractivity contribution in [3.05, 3.63) is 30.0 Å². The van der Waals surface area contributed by atoms with Gasteiger partial charge in [0.1, 0.15) is 5.82 Å². The average molecular weight is 285 g/mol. The molecule has 1 aromatic heterocycles. The number of nitrogens with two attached hydrogens (primary N) is 1. The van der Waals surface area contributed by atoms with E-state index in [2.05, 4.69) is 9.88 Å². The van der Waals surface area contributed by atoms with Gasteiger partial charge in [0.25, 0.3) is 0 Å². The van der Waals surface area contributed by atoms with Crippen molar-refractivity contribution < 1.29 is 9.90 Å². The fourth-order valence-corrected chi connectivity index (χ4v) is 3.08. The Morgan fingerprint density at radius 2 is 2.24 bits per heavy atom. The molecule has 1 aromatic carbocycles. The van der Waals surface area contributed by atoms with Gasteiger partial charge in [-0.2, -0.15) is 0 Å². The highest BCUT2D eigenvalue weighted by Crippen LogP contribution is 2.33. The molecule has 1 fully saturated rings. The molecule has 0 spiro atoms. The molecule has 1 saturated heterocycles. The van der Waals surface area contributed by atoms with Crippen molar-refractivity contribution in [1.29, 1.82) is 0 Å². The van der Waals surface area contributed by atoms with Crippen LogP contribution in [0.3, 0.4) is 0 Å². The molecule has 0 amide bonds. The molecule has 0 saturated carbocycles. The van der Waals surface area contributed by atoms with Crippen molar-refractivity contribution >= 4 is 28.2 Å². The van der Waals surface area contributed by atoms with E-state index in [4.69, 9.17) is 5.73 Å². The number of carboxylic acid groups (broad SMARTS) is 1. The highest BCUT2D eigenvalue weighted by atomic mass is 16.4. The normalized spacial score (nSPS) is 18.9. The van der Waals surface area contributed by atoms with Crippen LogP contribution >= 0.6 is 0 Å². The smallest absolute Gasteiger partial charge is 0.308 e. The van der Waals surface area contributed by atoms with E-state index < -0.39 is 5.97 Å². The Morgan fingerprint density at radius 1 is 1.43 bits per heavy atom. The Bertz CT molecular complexity index is 699. The van der Waals surface area contributed by atoms with Gasteiger partial charge in [-0.3, -0.25) is 4.79 Å². The van der Waals surface area contributed by atoms with Crippen molar-refractivity contribution in [1.82, 2.24) is 4.98 Å². The van der Waals surface area contributed by atoms with Crippen LogP contribution in [0.5, 0.6) is 0 Å². The third kappa shape index (κ3) is 2.39. The number of benzene rings is 1. The molecule has 1 aliphatic rings. The molecule has 5 heteroatoms. The summed E-state index contributed by atoms with van der Waals surface area (Å²) in [6.45, 7) is 3.38. The molecule has 0 radical (unpaired) electrons. The number of carboxylic acids is 1. The monoisotopic (exact) mass is 285 g/mol. The van der Waals surface area contributed by atoms with Crippen LogP contribution in [0.4, 0.5) is 11.5 Å². The first-order chi connectivity index (χ1) is 10.1. The number of piperidine rings is 1. The molecule has 21 heavy (non-hydrogen) atoms. The molecule has 110 valence electrons. The number of hydrogen-bond donors (Lipinski definition) is 2. The zero-order chi connectivity index (χ0) is 15.0. The predicted molar refractivity (Wildman–Crippen MR) is 83.5 cm³/mol. The number of fused-ring (bicyclic) bond motifs is 1.